The SMILES string of the molecule is COCCN(CC1CNc2ccccc2O1)C1CC1. The molecule has 2 aliphatic rings. The van der Waals surface area contributed by atoms with Crippen LogP contribution in [-0.2, 0) is 4.74 Å². The maximum Gasteiger partial charge on any atom is 0.142 e. The zero-order valence-corrected chi connectivity index (χ0v) is 11.5. The molecule has 1 aliphatic carbocycles. The molecule has 1 heterocycles. The minimum Gasteiger partial charge on any atom is -0.485 e. The van der Waals surface area contributed by atoms with Crippen molar-refractivity contribution < 1.29 is 9.47 Å². The van der Waals surface area contributed by atoms with E-state index in [9.17, 15) is 0 Å². The van der Waals surface area contributed by atoms with Crippen LogP contribution < -0.4 is 10.1 Å². The lowest BCUT2D eigenvalue weighted by molar-refractivity contribution is 0.0992. The van der Waals surface area contributed by atoms with Gasteiger partial charge in [0, 0.05) is 26.2 Å². The van der Waals surface area contributed by atoms with E-state index in [0.717, 1.165) is 43.7 Å². The summed E-state index contributed by atoms with van der Waals surface area (Å²) in [5.41, 5.74) is 1.11. The van der Waals surface area contributed by atoms with Gasteiger partial charge in [-0.05, 0) is 25.0 Å². The first-order chi connectivity index (χ1) is 9.36. The van der Waals surface area contributed by atoms with E-state index in [2.05, 4.69) is 16.3 Å². The van der Waals surface area contributed by atoms with Crippen LogP contribution in [-0.4, -0.2) is 50.4 Å². The molecule has 0 amide bonds. The molecule has 4 heteroatoms. The normalized spacial score (nSPS) is 21.7. The summed E-state index contributed by atoms with van der Waals surface area (Å²) in [6.07, 6.45) is 2.87. The lowest BCUT2D eigenvalue weighted by Crippen LogP contribution is -2.43. The van der Waals surface area contributed by atoms with E-state index in [1.54, 1.807) is 7.11 Å². The van der Waals surface area contributed by atoms with Crippen LogP contribution >= 0.6 is 0 Å². The highest BCUT2D eigenvalue weighted by atomic mass is 16.5. The molecule has 1 aromatic carbocycles. The molecule has 1 N–H and O–H groups in total. The van der Waals surface area contributed by atoms with Crippen LogP contribution in [0.25, 0.3) is 0 Å². The summed E-state index contributed by atoms with van der Waals surface area (Å²) in [6, 6.07) is 8.90. The molecule has 0 radical (unpaired) electrons. The third-order valence-electron chi connectivity index (χ3n) is 3.78. The first-order valence-electron chi connectivity index (χ1n) is 7.09. The Balaban J connectivity index is 1.58. The Bertz CT molecular complexity index is 420. The molecule has 104 valence electrons. The van der Waals surface area contributed by atoms with Gasteiger partial charge in [-0.25, -0.2) is 0 Å². The van der Waals surface area contributed by atoms with Crippen molar-refractivity contribution in [3.8, 4) is 5.75 Å². The van der Waals surface area contributed by atoms with Crippen molar-refractivity contribution in [1.82, 2.24) is 4.90 Å². The first kappa shape index (κ1) is 12.8. The Morgan fingerprint density at radius 1 is 1.37 bits per heavy atom. The minimum absolute atomic E-state index is 0.229. The van der Waals surface area contributed by atoms with Gasteiger partial charge in [-0.15, -0.1) is 0 Å². The highest BCUT2D eigenvalue weighted by Gasteiger charge is 2.31. The molecule has 1 aromatic rings. The number of anilines is 1. The topological polar surface area (TPSA) is 33.7 Å². The van der Waals surface area contributed by atoms with E-state index in [-0.39, 0.29) is 6.10 Å². The van der Waals surface area contributed by atoms with Crippen molar-refractivity contribution in [2.45, 2.75) is 25.0 Å². The van der Waals surface area contributed by atoms with Gasteiger partial charge in [0.1, 0.15) is 11.9 Å². The molecular formula is C15H22N2O2. The minimum atomic E-state index is 0.229. The molecule has 1 fully saturated rings. The van der Waals surface area contributed by atoms with Gasteiger partial charge in [0.2, 0.25) is 0 Å². The van der Waals surface area contributed by atoms with Crippen molar-refractivity contribution in [3.63, 3.8) is 0 Å². The van der Waals surface area contributed by atoms with Crippen LogP contribution in [0, 0.1) is 0 Å². The Kier molecular flexibility index (Phi) is 3.89. The second-order valence-corrected chi connectivity index (χ2v) is 5.34. The third-order valence-corrected chi connectivity index (χ3v) is 3.78. The maximum atomic E-state index is 6.08. The molecule has 0 aromatic heterocycles. The second-order valence-electron chi connectivity index (χ2n) is 5.34. The molecule has 1 atom stereocenters. The highest BCUT2D eigenvalue weighted by Crippen LogP contribution is 2.30. The number of para-hydroxylation sites is 2. The van der Waals surface area contributed by atoms with Crippen molar-refractivity contribution in [3.05, 3.63) is 24.3 Å². The molecular weight excluding hydrogens is 240 g/mol. The zero-order valence-electron chi connectivity index (χ0n) is 11.5. The second kappa shape index (κ2) is 5.80. The van der Waals surface area contributed by atoms with Gasteiger partial charge in [0.05, 0.1) is 18.8 Å². The van der Waals surface area contributed by atoms with E-state index in [1.165, 1.54) is 12.8 Å². The number of ether oxygens (including phenoxy) is 2. The van der Waals surface area contributed by atoms with Crippen molar-refractivity contribution in [2.75, 3.05) is 38.7 Å². The first-order valence-corrected chi connectivity index (χ1v) is 7.09. The fourth-order valence-electron chi connectivity index (χ4n) is 2.60. The van der Waals surface area contributed by atoms with E-state index in [1.807, 2.05) is 18.2 Å². The summed E-state index contributed by atoms with van der Waals surface area (Å²) < 4.78 is 11.3. The fourth-order valence-corrected chi connectivity index (χ4v) is 2.60. The Labute approximate surface area is 114 Å². The van der Waals surface area contributed by atoms with Crippen LogP contribution in [0.1, 0.15) is 12.8 Å². The van der Waals surface area contributed by atoms with Gasteiger partial charge in [0.25, 0.3) is 0 Å². The molecule has 4 nitrogen and oxygen atoms in total. The van der Waals surface area contributed by atoms with Crippen LogP contribution in [0.15, 0.2) is 24.3 Å². The van der Waals surface area contributed by atoms with Gasteiger partial charge in [-0.3, -0.25) is 4.90 Å². The quantitative estimate of drug-likeness (QED) is 0.850. The molecule has 1 aliphatic heterocycles. The molecule has 1 saturated carbocycles. The molecule has 3 rings (SSSR count). The Hall–Kier alpha value is -1.26. The summed E-state index contributed by atoms with van der Waals surface area (Å²) in [5.74, 6) is 0.973. The largest absolute Gasteiger partial charge is 0.485 e. The number of nitrogens with one attached hydrogen (secondary N) is 1. The van der Waals surface area contributed by atoms with E-state index >= 15 is 0 Å². The number of fused-ring (bicyclic) bond motifs is 1. The van der Waals surface area contributed by atoms with Crippen LogP contribution in [0.3, 0.4) is 0 Å². The van der Waals surface area contributed by atoms with Crippen molar-refractivity contribution >= 4 is 5.69 Å². The van der Waals surface area contributed by atoms with Crippen LogP contribution in [0.4, 0.5) is 5.69 Å². The average Bonchev–Trinajstić information content (AvgIpc) is 3.28. The third kappa shape index (κ3) is 3.19. The molecule has 0 spiro atoms. The number of hydrogen-bond acceptors (Lipinski definition) is 4. The van der Waals surface area contributed by atoms with E-state index in [4.69, 9.17) is 9.47 Å². The standard InChI is InChI=1S/C15H22N2O2/c1-18-9-8-17(12-6-7-12)11-13-10-16-14-4-2-3-5-15(14)19-13/h2-5,12-13,16H,6-11H2,1H3. The van der Waals surface area contributed by atoms with Crippen molar-refractivity contribution in [1.29, 1.82) is 0 Å². The van der Waals surface area contributed by atoms with Gasteiger partial charge in [-0.2, -0.15) is 0 Å². The fraction of sp³-hybridized carbons (Fsp3) is 0.600. The Morgan fingerprint density at radius 3 is 3.00 bits per heavy atom. The predicted octanol–water partition coefficient (Wildman–Crippen LogP) is 1.97. The lowest BCUT2D eigenvalue weighted by atomic mass is 10.2. The molecule has 1 unspecified atom stereocenters. The Morgan fingerprint density at radius 2 is 2.21 bits per heavy atom. The monoisotopic (exact) mass is 262 g/mol. The number of hydrogen-bond donors (Lipinski definition) is 1. The maximum absolute atomic E-state index is 6.08. The summed E-state index contributed by atoms with van der Waals surface area (Å²) in [4.78, 5) is 2.50. The number of benzene rings is 1. The molecule has 19 heavy (non-hydrogen) atoms. The average molecular weight is 262 g/mol. The van der Waals surface area contributed by atoms with E-state index < -0.39 is 0 Å². The zero-order chi connectivity index (χ0) is 13.1. The lowest BCUT2D eigenvalue weighted by Gasteiger charge is -2.32. The summed E-state index contributed by atoms with van der Waals surface area (Å²) in [6.45, 7) is 3.67. The summed E-state index contributed by atoms with van der Waals surface area (Å²) in [7, 11) is 1.76. The molecule has 0 saturated heterocycles. The summed E-state index contributed by atoms with van der Waals surface area (Å²) in [5, 5.41) is 3.45. The van der Waals surface area contributed by atoms with Gasteiger partial charge in [0.15, 0.2) is 0 Å². The van der Waals surface area contributed by atoms with Crippen molar-refractivity contribution in [2.24, 2.45) is 0 Å². The number of nitrogens with zero attached hydrogens (tertiary/aromatic N) is 1. The smallest absolute Gasteiger partial charge is 0.142 e. The highest BCUT2D eigenvalue weighted by molar-refractivity contribution is 5.57. The van der Waals surface area contributed by atoms with Gasteiger partial charge < -0.3 is 14.8 Å². The van der Waals surface area contributed by atoms with E-state index in [0.29, 0.717) is 0 Å². The van der Waals surface area contributed by atoms with Crippen LogP contribution in [0.2, 0.25) is 0 Å². The van der Waals surface area contributed by atoms with Crippen LogP contribution in [0.5, 0.6) is 5.75 Å². The predicted molar refractivity (Wildman–Crippen MR) is 75.8 cm³/mol. The van der Waals surface area contributed by atoms with Gasteiger partial charge in [-0.1, -0.05) is 12.1 Å². The van der Waals surface area contributed by atoms with Gasteiger partial charge >= 0.3 is 0 Å². The molecule has 0 bridgehead atoms. The summed E-state index contributed by atoms with van der Waals surface area (Å²) >= 11 is 0. The number of rotatable bonds is 6. The number of methoxy groups -OCH3 is 1.